The predicted octanol–water partition coefficient (Wildman–Crippen LogP) is 3.77. The highest BCUT2D eigenvalue weighted by Gasteiger charge is 2.41. The zero-order valence-electron chi connectivity index (χ0n) is 16.1. The lowest BCUT2D eigenvalue weighted by Gasteiger charge is -2.19. The van der Waals surface area contributed by atoms with Crippen LogP contribution in [-0.2, 0) is 11.3 Å². The number of aromatic nitrogens is 1. The van der Waals surface area contributed by atoms with Crippen molar-refractivity contribution in [3.63, 3.8) is 0 Å². The minimum absolute atomic E-state index is 0.0884. The highest BCUT2D eigenvalue weighted by Crippen LogP contribution is 2.26. The van der Waals surface area contributed by atoms with Gasteiger partial charge in [0.25, 0.3) is 0 Å². The SMILES string of the molecule is O=C(NC(c1ccccc1)c1ccccn1)C1CN1Cc1cccc(OC(F)F)c1. The number of hydrogen-bond donors (Lipinski definition) is 1. The van der Waals surface area contributed by atoms with Gasteiger partial charge in [0, 0.05) is 19.3 Å². The predicted molar refractivity (Wildman–Crippen MR) is 108 cm³/mol. The van der Waals surface area contributed by atoms with Crippen molar-refractivity contribution >= 4 is 5.91 Å². The van der Waals surface area contributed by atoms with Crippen LogP contribution in [0.5, 0.6) is 5.75 Å². The average Bonchev–Trinajstić information content (AvgIpc) is 3.52. The Bertz CT molecular complexity index is 947. The summed E-state index contributed by atoms with van der Waals surface area (Å²) in [5.41, 5.74) is 2.53. The van der Waals surface area contributed by atoms with E-state index in [-0.39, 0.29) is 23.7 Å². The molecule has 1 aromatic heterocycles. The summed E-state index contributed by atoms with van der Waals surface area (Å²) in [5, 5.41) is 3.10. The van der Waals surface area contributed by atoms with E-state index in [1.165, 1.54) is 6.07 Å². The number of benzene rings is 2. The molecule has 3 aromatic rings. The standard InChI is InChI=1S/C23H21F2N3O2/c24-23(25)30-18-10-6-7-16(13-18)14-28-15-20(28)22(29)27-21(17-8-2-1-3-9-17)19-11-4-5-12-26-19/h1-13,20-21,23H,14-15H2,(H,27,29). The van der Waals surface area contributed by atoms with E-state index in [2.05, 4.69) is 15.0 Å². The van der Waals surface area contributed by atoms with E-state index in [0.29, 0.717) is 13.1 Å². The van der Waals surface area contributed by atoms with Gasteiger partial charge in [0.1, 0.15) is 11.8 Å². The van der Waals surface area contributed by atoms with E-state index in [1.807, 2.05) is 59.5 Å². The van der Waals surface area contributed by atoms with Crippen molar-refractivity contribution in [1.29, 1.82) is 0 Å². The van der Waals surface area contributed by atoms with Gasteiger partial charge in [-0.1, -0.05) is 48.5 Å². The summed E-state index contributed by atoms with van der Waals surface area (Å²) in [6.45, 7) is -1.77. The molecule has 4 rings (SSSR count). The fraction of sp³-hybridized carbons (Fsp3) is 0.217. The Morgan fingerprint density at radius 1 is 1.10 bits per heavy atom. The molecule has 5 nitrogen and oxygen atoms in total. The van der Waals surface area contributed by atoms with E-state index in [9.17, 15) is 13.6 Å². The van der Waals surface area contributed by atoms with Crippen LogP contribution < -0.4 is 10.1 Å². The third-order valence-electron chi connectivity index (χ3n) is 4.93. The Hall–Kier alpha value is -3.32. The summed E-state index contributed by atoms with van der Waals surface area (Å²) in [7, 11) is 0. The zero-order chi connectivity index (χ0) is 20.9. The molecule has 2 heterocycles. The van der Waals surface area contributed by atoms with Crippen LogP contribution in [-0.4, -0.2) is 35.0 Å². The highest BCUT2D eigenvalue weighted by molar-refractivity contribution is 5.85. The lowest BCUT2D eigenvalue weighted by molar-refractivity contribution is -0.121. The number of alkyl halides is 2. The van der Waals surface area contributed by atoms with Crippen molar-refractivity contribution in [2.24, 2.45) is 0 Å². The van der Waals surface area contributed by atoms with E-state index >= 15 is 0 Å². The van der Waals surface area contributed by atoms with Gasteiger partial charge in [-0.05, 0) is 35.4 Å². The van der Waals surface area contributed by atoms with E-state index < -0.39 is 6.61 Å². The summed E-state index contributed by atoms with van der Waals surface area (Å²) in [6, 6.07) is 21.2. The van der Waals surface area contributed by atoms with Crippen LogP contribution in [0.1, 0.15) is 22.9 Å². The van der Waals surface area contributed by atoms with Crippen LogP contribution in [0.3, 0.4) is 0 Å². The quantitative estimate of drug-likeness (QED) is 0.576. The van der Waals surface area contributed by atoms with Crippen molar-refractivity contribution in [3.8, 4) is 5.75 Å². The van der Waals surface area contributed by atoms with Crippen LogP contribution in [0.15, 0.2) is 79.0 Å². The van der Waals surface area contributed by atoms with E-state index in [0.717, 1.165) is 16.8 Å². The minimum Gasteiger partial charge on any atom is -0.435 e. The lowest BCUT2D eigenvalue weighted by atomic mass is 10.0. The smallest absolute Gasteiger partial charge is 0.387 e. The third-order valence-corrected chi connectivity index (χ3v) is 4.93. The summed E-state index contributed by atoms with van der Waals surface area (Å²) in [4.78, 5) is 19.2. The molecule has 1 fully saturated rings. The van der Waals surface area contributed by atoms with Gasteiger partial charge >= 0.3 is 6.61 Å². The number of carbonyl (C=O) groups is 1. The molecule has 0 aliphatic carbocycles. The highest BCUT2D eigenvalue weighted by atomic mass is 19.3. The fourth-order valence-corrected chi connectivity index (χ4v) is 3.41. The lowest BCUT2D eigenvalue weighted by Crippen LogP contribution is -2.34. The number of halogens is 2. The molecule has 1 amide bonds. The number of rotatable bonds is 8. The zero-order valence-corrected chi connectivity index (χ0v) is 16.1. The Labute approximate surface area is 173 Å². The summed E-state index contributed by atoms with van der Waals surface area (Å²) in [5.74, 6) is 0.0270. The Morgan fingerprint density at radius 3 is 2.63 bits per heavy atom. The molecule has 0 radical (unpaired) electrons. The van der Waals surface area contributed by atoms with E-state index in [1.54, 1.807) is 18.3 Å². The molecule has 7 heteroatoms. The number of pyridine rings is 1. The minimum atomic E-state index is -2.86. The maximum Gasteiger partial charge on any atom is 0.387 e. The van der Waals surface area contributed by atoms with E-state index in [4.69, 9.17) is 0 Å². The molecular formula is C23H21F2N3O2. The van der Waals surface area contributed by atoms with Gasteiger partial charge in [0.15, 0.2) is 0 Å². The Kier molecular flexibility index (Phi) is 5.99. The van der Waals surface area contributed by atoms with Gasteiger partial charge in [0.05, 0.1) is 11.7 Å². The monoisotopic (exact) mass is 409 g/mol. The van der Waals surface area contributed by atoms with Crippen molar-refractivity contribution in [3.05, 3.63) is 95.8 Å². The first kappa shape index (κ1) is 20.0. The van der Waals surface area contributed by atoms with Gasteiger partial charge in [-0.2, -0.15) is 8.78 Å². The molecule has 0 spiro atoms. The maximum absolute atomic E-state index is 12.9. The second-order valence-corrected chi connectivity index (χ2v) is 7.08. The number of hydrogen-bond acceptors (Lipinski definition) is 4. The second-order valence-electron chi connectivity index (χ2n) is 7.08. The van der Waals surface area contributed by atoms with Crippen LogP contribution in [0, 0.1) is 0 Å². The Morgan fingerprint density at radius 2 is 1.90 bits per heavy atom. The Balaban J connectivity index is 1.41. The molecule has 3 atom stereocenters. The van der Waals surface area contributed by atoms with Crippen LogP contribution in [0.2, 0.25) is 0 Å². The summed E-state index contributed by atoms with van der Waals surface area (Å²) >= 11 is 0. The van der Waals surface area contributed by atoms with Crippen molar-refractivity contribution < 1.29 is 18.3 Å². The van der Waals surface area contributed by atoms with Crippen molar-refractivity contribution in [1.82, 2.24) is 15.2 Å². The van der Waals surface area contributed by atoms with Gasteiger partial charge in [-0.3, -0.25) is 14.7 Å². The number of carbonyl (C=O) groups excluding carboxylic acids is 1. The first-order valence-corrected chi connectivity index (χ1v) is 9.64. The molecule has 1 N–H and O–H groups in total. The van der Waals surface area contributed by atoms with Crippen molar-refractivity contribution in [2.45, 2.75) is 25.2 Å². The molecule has 30 heavy (non-hydrogen) atoms. The third kappa shape index (κ3) is 4.99. The number of ether oxygens (including phenoxy) is 1. The topological polar surface area (TPSA) is 54.2 Å². The first-order chi connectivity index (χ1) is 14.6. The molecule has 0 saturated carbocycles. The van der Waals surface area contributed by atoms with Crippen molar-refractivity contribution in [2.75, 3.05) is 6.54 Å². The van der Waals surface area contributed by atoms with Crippen LogP contribution in [0.25, 0.3) is 0 Å². The number of nitrogens with one attached hydrogen (secondary N) is 1. The molecule has 1 saturated heterocycles. The second kappa shape index (κ2) is 9.00. The molecule has 1 aliphatic heterocycles. The molecule has 1 aliphatic rings. The van der Waals surface area contributed by atoms with Gasteiger partial charge in [-0.25, -0.2) is 0 Å². The average molecular weight is 409 g/mol. The van der Waals surface area contributed by atoms with Crippen LogP contribution >= 0.6 is 0 Å². The number of nitrogens with zero attached hydrogens (tertiary/aromatic N) is 2. The first-order valence-electron chi connectivity index (χ1n) is 9.64. The largest absolute Gasteiger partial charge is 0.435 e. The molecule has 3 unspecified atom stereocenters. The van der Waals surface area contributed by atoms with Gasteiger partial charge in [-0.15, -0.1) is 0 Å². The maximum atomic E-state index is 12.9. The van der Waals surface area contributed by atoms with Crippen LogP contribution in [0.4, 0.5) is 8.78 Å². The summed E-state index contributed by atoms with van der Waals surface area (Å²) in [6.07, 6.45) is 1.70. The fourth-order valence-electron chi connectivity index (χ4n) is 3.41. The van der Waals surface area contributed by atoms with Gasteiger partial charge < -0.3 is 10.1 Å². The number of amides is 1. The molecule has 154 valence electrons. The molecule has 2 aromatic carbocycles. The molecular weight excluding hydrogens is 388 g/mol. The summed E-state index contributed by atoms with van der Waals surface area (Å²) < 4.78 is 29.3. The van der Waals surface area contributed by atoms with Gasteiger partial charge in [0.2, 0.25) is 5.91 Å². The molecule has 0 bridgehead atoms. The normalized spacial score (nSPS) is 18.6.